The van der Waals surface area contributed by atoms with Crippen LogP contribution >= 0.6 is 11.3 Å². The van der Waals surface area contributed by atoms with Crippen LogP contribution in [-0.2, 0) is 6.54 Å². The van der Waals surface area contributed by atoms with Gasteiger partial charge in [0, 0.05) is 29.1 Å². The average Bonchev–Trinajstić information content (AvgIpc) is 3.06. The Labute approximate surface area is 129 Å². The molecular weight excluding hydrogens is 286 g/mol. The van der Waals surface area contributed by atoms with Crippen LogP contribution in [0.2, 0.25) is 0 Å². The van der Waals surface area contributed by atoms with Crippen LogP contribution < -0.4 is 19.5 Å². The minimum Gasteiger partial charge on any atom is -0.496 e. The van der Waals surface area contributed by atoms with Crippen LogP contribution in [0.15, 0.2) is 29.6 Å². The summed E-state index contributed by atoms with van der Waals surface area (Å²) in [5.74, 6) is 2.17. The summed E-state index contributed by atoms with van der Waals surface area (Å²) in [6.07, 6.45) is 0. The Bertz CT molecular complexity index is 569. The van der Waals surface area contributed by atoms with Gasteiger partial charge in [0.2, 0.25) is 0 Å². The number of hydrogen-bond acceptors (Lipinski definition) is 5. The molecule has 2 rings (SSSR count). The molecule has 1 atom stereocenters. The molecule has 0 bridgehead atoms. The Morgan fingerprint density at radius 2 is 1.71 bits per heavy atom. The molecule has 2 aromatic rings. The zero-order valence-electron chi connectivity index (χ0n) is 12.8. The molecule has 1 N–H and O–H groups in total. The average molecular weight is 307 g/mol. The van der Waals surface area contributed by atoms with Gasteiger partial charge in [0.1, 0.15) is 5.75 Å². The molecule has 0 saturated heterocycles. The minimum absolute atomic E-state index is 0.294. The van der Waals surface area contributed by atoms with E-state index in [9.17, 15) is 0 Å². The van der Waals surface area contributed by atoms with Gasteiger partial charge in [0.15, 0.2) is 11.5 Å². The first-order chi connectivity index (χ1) is 10.2. The topological polar surface area (TPSA) is 39.7 Å². The lowest BCUT2D eigenvalue weighted by atomic mass is 10.1. The third kappa shape index (κ3) is 3.68. The summed E-state index contributed by atoms with van der Waals surface area (Å²) in [5.41, 5.74) is 1.04. The van der Waals surface area contributed by atoms with Crippen LogP contribution in [0.3, 0.4) is 0 Å². The highest BCUT2D eigenvalue weighted by atomic mass is 32.1. The van der Waals surface area contributed by atoms with Gasteiger partial charge in [-0.05, 0) is 24.4 Å². The quantitative estimate of drug-likeness (QED) is 0.848. The first kappa shape index (κ1) is 15.7. The number of rotatable bonds is 7. The lowest BCUT2D eigenvalue weighted by molar-refractivity contribution is 0.346. The van der Waals surface area contributed by atoms with Gasteiger partial charge in [-0.25, -0.2) is 0 Å². The SMILES string of the molecule is COc1cc(OC)c(OC)cc1CN[C@H](C)c1cccs1. The van der Waals surface area contributed by atoms with Crippen molar-refractivity contribution in [2.75, 3.05) is 21.3 Å². The molecule has 0 amide bonds. The first-order valence-corrected chi connectivity index (χ1v) is 7.63. The van der Waals surface area contributed by atoms with Crippen molar-refractivity contribution in [3.8, 4) is 17.2 Å². The number of benzene rings is 1. The molecule has 21 heavy (non-hydrogen) atoms. The van der Waals surface area contributed by atoms with E-state index >= 15 is 0 Å². The Hall–Kier alpha value is -1.72. The highest BCUT2D eigenvalue weighted by molar-refractivity contribution is 7.10. The third-order valence-corrected chi connectivity index (χ3v) is 4.41. The predicted octanol–water partition coefficient (Wildman–Crippen LogP) is 3.62. The van der Waals surface area contributed by atoms with E-state index < -0.39 is 0 Å². The van der Waals surface area contributed by atoms with Crippen LogP contribution in [-0.4, -0.2) is 21.3 Å². The van der Waals surface area contributed by atoms with Gasteiger partial charge in [0.05, 0.1) is 21.3 Å². The third-order valence-electron chi connectivity index (χ3n) is 3.36. The minimum atomic E-state index is 0.294. The van der Waals surface area contributed by atoms with Crippen molar-refractivity contribution in [3.05, 3.63) is 40.1 Å². The molecule has 4 nitrogen and oxygen atoms in total. The first-order valence-electron chi connectivity index (χ1n) is 6.75. The molecule has 0 unspecified atom stereocenters. The van der Waals surface area contributed by atoms with Crippen LogP contribution in [0.4, 0.5) is 0 Å². The van der Waals surface area contributed by atoms with Gasteiger partial charge in [-0.1, -0.05) is 6.07 Å². The molecule has 1 aromatic carbocycles. The maximum absolute atomic E-state index is 5.44. The number of nitrogens with one attached hydrogen (secondary N) is 1. The molecular formula is C16H21NO3S. The van der Waals surface area contributed by atoms with Gasteiger partial charge in [-0.3, -0.25) is 0 Å². The van der Waals surface area contributed by atoms with Gasteiger partial charge in [0.25, 0.3) is 0 Å². The van der Waals surface area contributed by atoms with Crippen molar-refractivity contribution in [1.29, 1.82) is 0 Å². The van der Waals surface area contributed by atoms with E-state index in [1.807, 2.05) is 12.1 Å². The van der Waals surface area contributed by atoms with Crippen molar-refractivity contribution in [1.82, 2.24) is 5.32 Å². The van der Waals surface area contributed by atoms with E-state index in [2.05, 4.69) is 29.8 Å². The van der Waals surface area contributed by atoms with E-state index in [1.54, 1.807) is 32.7 Å². The Kier molecular flexibility index (Phi) is 5.47. The highest BCUT2D eigenvalue weighted by Gasteiger charge is 2.13. The molecule has 0 aliphatic rings. The van der Waals surface area contributed by atoms with Crippen LogP contribution in [0.25, 0.3) is 0 Å². The van der Waals surface area contributed by atoms with Crippen molar-refractivity contribution in [2.24, 2.45) is 0 Å². The summed E-state index contributed by atoms with van der Waals surface area (Å²) in [4.78, 5) is 1.31. The normalized spacial score (nSPS) is 12.0. The molecule has 0 saturated carbocycles. The molecule has 0 spiro atoms. The van der Waals surface area contributed by atoms with E-state index in [1.165, 1.54) is 4.88 Å². The summed E-state index contributed by atoms with van der Waals surface area (Å²) in [5, 5.41) is 5.59. The fourth-order valence-corrected chi connectivity index (χ4v) is 2.89. The second-order valence-corrected chi connectivity index (χ2v) is 5.62. The zero-order valence-corrected chi connectivity index (χ0v) is 13.6. The maximum atomic E-state index is 5.44. The van der Waals surface area contributed by atoms with Crippen molar-refractivity contribution in [3.63, 3.8) is 0 Å². The smallest absolute Gasteiger partial charge is 0.164 e. The molecule has 114 valence electrons. The second kappa shape index (κ2) is 7.33. The van der Waals surface area contributed by atoms with E-state index in [-0.39, 0.29) is 0 Å². The van der Waals surface area contributed by atoms with Crippen molar-refractivity contribution >= 4 is 11.3 Å². The van der Waals surface area contributed by atoms with Crippen LogP contribution in [0, 0.1) is 0 Å². The Balaban J connectivity index is 2.15. The van der Waals surface area contributed by atoms with Gasteiger partial charge >= 0.3 is 0 Å². The predicted molar refractivity (Wildman–Crippen MR) is 85.7 cm³/mol. The fraction of sp³-hybridized carbons (Fsp3) is 0.375. The van der Waals surface area contributed by atoms with E-state index in [4.69, 9.17) is 14.2 Å². The standard InChI is InChI=1S/C16H21NO3S/c1-11(16-6-5-7-21-16)17-10-12-8-14(19-3)15(20-4)9-13(12)18-2/h5-9,11,17H,10H2,1-4H3/t11-/m1/s1. The molecule has 0 aliphatic carbocycles. The summed E-state index contributed by atoms with van der Waals surface area (Å²) < 4.78 is 16.1. The molecule has 5 heteroatoms. The zero-order chi connectivity index (χ0) is 15.2. The van der Waals surface area contributed by atoms with Crippen molar-refractivity contribution < 1.29 is 14.2 Å². The summed E-state index contributed by atoms with van der Waals surface area (Å²) >= 11 is 1.75. The molecule has 1 aromatic heterocycles. The number of hydrogen-bond donors (Lipinski definition) is 1. The fourth-order valence-electron chi connectivity index (χ4n) is 2.13. The lowest BCUT2D eigenvalue weighted by Gasteiger charge is -2.17. The van der Waals surface area contributed by atoms with Crippen LogP contribution in [0.1, 0.15) is 23.4 Å². The number of methoxy groups -OCH3 is 3. The maximum Gasteiger partial charge on any atom is 0.164 e. The molecule has 0 radical (unpaired) electrons. The summed E-state index contributed by atoms with van der Waals surface area (Å²) in [7, 11) is 4.91. The van der Waals surface area contributed by atoms with Gasteiger partial charge in [-0.2, -0.15) is 0 Å². The summed E-state index contributed by atoms with van der Waals surface area (Å²) in [6.45, 7) is 2.85. The number of ether oxygens (including phenoxy) is 3. The number of thiophene rings is 1. The summed E-state index contributed by atoms with van der Waals surface area (Å²) in [6, 6.07) is 8.30. The van der Waals surface area contributed by atoms with Crippen molar-refractivity contribution in [2.45, 2.75) is 19.5 Å². The highest BCUT2D eigenvalue weighted by Crippen LogP contribution is 2.34. The molecule has 0 aliphatic heterocycles. The van der Waals surface area contributed by atoms with E-state index in [0.717, 1.165) is 11.3 Å². The Morgan fingerprint density at radius 3 is 2.29 bits per heavy atom. The van der Waals surface area contributed by atoms with E-state index in [0.29, 0.717) is 24.1 Å². The molecule has 1 heterocycles. The Morgan fingerprint density at radius 1 is 1.05 bits per heavy atom. The largest absolute Gasteiger partial charge is 0.496 e. The lowest BCUT2D eigenvalue weighted by Crippen LogP contribution is -2.17. The molecule has 0 fully saturated rings. The second-order valence-electron chi connectivity index (χ2n) is 4.64. The monoisotopic (exact) mass is 307 g/mol. The van der Waals surface area contributed by atoms with Crippen LogP contribution in [0.5, 0.6) is 17.2 Å². The van der Waals surface area contributed by atoms with Gasteiger partial charge in [-0.15, -0.1) is 11.3 Å². The van der Waals surface area contributed by atoms with Gasteiger partial charge < -0.3 is 19.5 Å².